The first-order chi connectivity index (χ1) is 6.16. The van der Waals surface area contributed by atoms with E-state index in [0.29, 0.717) is 0 Å². The van der Waals surface area contributed by atoms with Crippen molar-refractivity contribution in [2.24, 2.45) is 0 Å². The van der Waals surface area contributed by atoms with Crippen LogP contribution in [0.25, 0.3) is 0 Å². The zero-order valence-corrected chi connectivity index (χ0v) is 6.30. The number of benzene rings is 1. The van der Waals surface area contributed by atoms with Crippen LogP contribution in [0.5, 0.6) is 0 Å². The molecule has 0 aliphatic heterocycles. The predicted octanol–water partition coefficient (Wildman–Crippen LogP) is 0.762. The fraction of sp³-hybridized carbons (Fsp3) is 0. The Balaban J connectivity index is 3.12. The molecule has 0 unspecified atom stereocenters. The SMILES string of the molecule is O=[C]NC(=O)c1c(F)cccc1F. The first-order valence-corrected chi connectivity index (χ1v) is 3.28. The van der Waals surface area contributed by atoms with Crippen molar-refractivity contribution in [1.82, 2.24) is 5.32 Å². The molecule has 0 aliphatic rings. The second-order valence-electron chi connectivity index (χ2n) is 2.15. The summed E-state index contributed by atoms with van der Waals surface area (Å²) in [6, 6.07) is 2.96. The molecule has 1 aromatic rings. The van der Waals surface area contributed by atoms with Crippen molar-refractivity contribution >= 4 is 12.3 Å². The van der Waals surface area contributed by atoms with Gasteiger partial charge >= 0.3 is 6.41 Å². The highest BCUT2D eigenvalue weighted by Crippen LogP contribution is 2.11. The van der Waals surface area contributed by atoms with Crippen LogP contribution in [0.1, 0.15) is 10.4 Å². The van der Waals surface area contributed by atoms with Gasteiger partial charge in [0.15, 0.2) is 0 Å². The van der Waals surface area contributed by atoms with Crippen LogP contribution in [0.15, 0.2) is 18.2 Å². The number of carbonyl (C=O) groups is 1. The molecule has 1 aromatic carbocycles. The second kappa shape index (κ2) is 3.75. The normalized spacial score (nSPS) is 9.38. The van der Waals surface area contributed by atoms with Crippen molar-refractivity contribution < 1.29 is 18.4 Å². The molecule has 67 valence electrons. The van der Waals surface area contributed by atoms with Gasteiger partial charge in [-0.25, -0.2) is 8.78 Å². The van der Waals surface area contributed by atoms with Crippen LogP contribution in [0.2, 0.25) is 0 Å². The summed E-state index contributed by atoms with van der Waals surface area (Å²) in [5, 5.41) is 1.52. The standard InChI is InChI=1S/C8H4F2NO2/c9-5-2-1-3-6(10)7(5)8(13)11-4-12/h1-3H,(H,11,12,13). The molecule has 1 N–H and O–H groups in total. The Labute approximate surface area is 72.4 Å². The van der Waals surface area contributed by atoms with Crippen LogP contribution in [-0.2, 0) is 4.79 Å². The van der Waals surface area contributed by atoms with Crippen LogP contribution < -0.4 is 5.32 Å². The lowest BCUT2D eigenvalue weighted by molar-refractivity contribution is 0.0968. The summed E-state index contributed by atoms with van der Waals surface area (Å²) < 4.78 is 25.6. The zero-order valence-electron chi connectivity index (χ0n) is 6.30. The van der Waals surface area contributed by atoms with E-state index in [2.05, 4.69) is 0 Å². The first-order valence-electron chi connectivity index (χ1n) is 3.28. The molecule has 2 amide bonds. The van der Waals surface area contributed by atoms with Gasteiger partial charge in [0.05, 0.1) is 0 Å². The summed E-state index contributed by atoms with van der Waals surface area (Å²) in [6.45, 7) is 0. The highest BCUT2D eigenvalue weighted by Gasteiger charge is 2.15. The maximum Gasteiger partial charge on any atom is 0.316 e. The zero-order chi connectivity index (χ0) is 9.84. The molecule has 13 heavy (non-hydrogen) atoms. The van der Waals surface area contributed by atoms with E-state index < -0.39 is 23.1 Å². The maximum atomic E-state index is 12.8. The van der Waals surface area contributed by atoms with Crippen molar-refractivity contribution in [2.45, 2.75) is 0 Å². The number of carbonyl (C=O) groups excluding carboxylic acids is 2. The average Bonchev–Trinajstić information content (AvgIpc) is 2.04. The minimum atomic E-state index is -1.15. The Bertz CT molecular complexity index is 332. The predicted molar refractivity (Wildman–Crippen MR) is 39.5 cm³/mol. The molecule has 0 fully saturated rings. The number of halogens is 2. The molecular formula is C8H4F2NO2. The smallest absolute Gasteiger partial charge is 0.284 e. The van der Waals surface area contributed by atoms with Crippen LogP contribution >= 0.6 is 0 Å². The van der Waals surface area contributed by atoms with Gasteiger partial charge in [0.2, 0.25) is 0 Å². The number of rotatable bonds is 2. The number of hydrogen-bond donors (Lipinski definition) is 1. The molecule has 0 aromatic heterocycles. The second-order valence-corrected chi connectivity index (χ2v) is 2.15. The summed E-state index contributed by atoms with van der Waals surface area (Å²) in [5.74, 6) is -3.19. The summed E-state index contributed by atoms with van der Waals surface area (Å²) in [4.78, 5) is 20.5. The summed E-state index contributed by atoms with van der Waals surface area (Å²) in [6.07, 6.45) is 1.04. The molecule has 0 heterocycles. The van der Waals surface area contributed by atoms with Gasteiger partial charge in [-0.3, -0.25) is 14.9 Å². The van der Waals surface area contributed by atoms with Gasteiger partial charge in [0.25, 0.3) is 5.91 Å². The van der Waals surface area contributed by atoms with Gasteiger partial charge in [0.1, 0.15) is 17.2 Å². The Morgan fingerprint density at radius 1 is 1.31 bits per heavy atom. The van der Waals surface area contributed by atoms with E-state index in [-0.39, 0.29) is 0 Å². The average molecular weight is 184 g/mol. The quantitative estimate of drug-likeness (QED) is 0.689. The Kier molecular flexibility index (Phi) is 2.69. The van der Waals surface area contributed by atoms with Crippen molar-refractivity contribution in [1.29, 1.82) is 0 Å². The van der Waals surface area contributed by atoms with E-state index in [1.54, 1.807) is 0 Å². The number of hydrogen-bond acceptors (Lipinski definition) is 2. The van der Waals surface area contributed by atoms with Crippen LogP contribution in [0.4, 0.5) is 8.78 Å². The Morgan fingerprint density at radius 3 is 2.31 bits per heavy atom. The van der Waals surface area contributed by atoms with Gasteiger partial charge in [-0.2, -0.15) is 0 Å². The Hall–Kier alpha value is -1.78. The first kappa shape index (κ1) is 9.31. The highest BCUT2D eigenvalue weighted by molar-refractivity contribution is 6.00. The van der Waals surface area contributed by atoms with E-state index in [1.165, 1.54) is 5.32 Å². The molecule has 0 saturated heterocycles. The van der Waals surface area contributed by atoms with Gasteiger partial charge in [0, 0.05) is 0 Å². The van der Waals surface area contributed by atoms with Crippen molar-refractivity contribution in [3.63, 3.8) is 0 Å². The molecule has 1 rings (SSSR count). The van der Waals surface area contributed by atoms with E-state index >= 15 is 0 Å². The van der Waals surface area contributed by atoms with Crippen LogP contribution in [0, 0.1) is 11.6 Å². The van der Waals surface area contributed by atoms with Gasteiger partial charge in [-0.05, 0) is 12.1 Å². The fourth-order valence-corrected chi connectivity index (χ4v) is 0.824. The molecule has 5 heteroatoms. The molecule has 0 saturated carbocycles. The molecule has 0 spiro atoms. The van der Waals surface area contributed by atoms with Gasteiger partial charge in [-0.1, -0.05) is 6.07 Å². The van der Waals surface area contributed by atoms with Crippen molar-refractivity contribution in [2.75, 3.05) is 0 Å². The third-order valence-electron chi connectivity index (χ3n) is 1.35. The molecule has 0 bridgehead atoms. The number of nitrogens with one attached hydrogen (secondary N) is 1. The van der Waals surface area contributed by atoms with E-state index in [4.69, 9.17) is 0 Å². The van der Waals surface area contributed by atoms with Gasteiger partial charge in [-0.15, -0.1) is 0 Å². The van der Waals surface area contributed by atoms with Gasteiger partial charge < -0.3 is 0 Å². The van der Waals surface area contributed by atoms with Crippen molar-refractivity contribution in [3.8, 4) is 0 Å². The number of imide groups is 1. The molecule has 0 aliphatic carbocycles. The summed E-state index contributed by atoms with van der Waals surface area (Å²) >= 11 is 0. The highest BCUT2D eigenvalue weighted by atomic mass is 19.1. The topological polar surface area (TPSA) is 46.2 Å². The maximum absolute atomic E-state index is 12.8. The number of amides is 2. The van der Waals surface area contributed by atoms with Crippen LogP contribution in [-0.4, -0.2) is 12.3 Å². The summed E-state index contributed by atoms with van der Waals surface area (Å²) in [5.41, 5.74) is -0.786. The minimum absolute atomic E-state index is 0.786. The van der Waals surface area contributed by atoms with E-state index in [0.717, 1.165) is 24.6 Å². The van der Waals surface area contributed by atoms with Crippen LogP contribution in [0.3, 0.4) is 0 Å². The minimum Gasteiger partial charge on any atom is -0.284 e. The molecule has 1 radical (unpaired) electrons. The molecule has 3 nitrogen and oxygen atoms in total. The lowest BCUT2D eigenvalue weighted by atomic mass is 10.2. The lowest BCUT2D eigenvalue weighted by Gasteiger charge is -2.00. The summed E-state index contributed by atoms with van der Waals surface area (Å²) in [7, 11) is 0. The third kappa shape index (κ3) is 1.87. The monoisotopic (exact) mass is 184 g/mol. The molecular weight excluding hydrogens is 180 g/mol. The molecule has 0 atom stereocenters. The van der Waals surface area contributed by atoms with Crippen molar-refractivity contribution in [3.05, 3.63) is 35.4 Å². The largest absolute Gasteiger partial charge is 0.316 e. The Morgan fingerprint density at radius 2 is 1.85 bits per heavy atom. The fourth-order valence-electron chi connectivity index (χ4n) is 0.824. The third-order valence-corrected chi connectivity index (χ3v) is 1.35. The van der Waals surface area contributed by atoms with E-state index in [1.807, 2.05) is 0 Å². The lowest BCUT2D eigenvalue weighted by Crippen LogP contribution is -2.23. The van der Waals surface area contributed by atoms with E-state index in [9.17, 15) is 18.4 Å².